The highest BCUT2D eigenvalue weighted by Crippen LogP contribution is 2.40. The van der Waals surface area contributed by atoms with Gasteiger partial charge in [0.1, 0.15) is 4.60 Å². The normalized spacial score (nSPS) is 22.0. The molecule has 10 nitrogen and oxygen atoms in total. The van der Waals surface area contributed by atoms with Gasteiger partial charge in [0, 0.05) is 36.2 Å². The zero-order chi connectivity index (χ0) is 24.2. The van der Waals surface area contributed by atoms with Crippen LogP contribution in [0.4, 0.5) is 5.95 Å². The SMILES string of the molecule is CNC(=O)[C@]1(C)CC[C@@H](Nc2ncc3c(Br)nn(-c4ccc(-c5nnc(C6CC6)o5)cc4)c3n2)C1. The van der Waals surface area contributed by atoms with Crippen LogP contribution in [0.3, 0.4) is 0 Å². The highest BCUT2D eigenvalue weighted by Gasteiger charge is 2.41. The third kappa shape index (κ3) is 4.07. The molecule has 11 heteroatoms. The second kappa shape index (κ2) is 8.40. The number of carbonyl (C=O) groups is 1. The lowest BCUT2D eigenvalue weighted by molar-refractivity contribution is -0.129. The summed E-state index contributed by atoms with van der Waals surface area (Å²) in [6.45, 7) is 2.01. The van der Waals surface area contributed by atoms with E-state index in [2.05, 4.69) is 46.8 Å². The van der Waals surface area contributed by atoms with Crippen LogP contribution in [0, 0.1) is 5.41 Å². The van der Waals surface area contributed by atoms with Crippen molar-refractivity contribution in [1.82, 2.24) is 35.3 Å². The summed E-state index contributed by atoms with van der Waals surface area (Å²) in [6.07, 6.45) is 6.44. The molecule has 2 N–H and O–H groups in total. The maximum absolute atomic E-state index is 12.3. The van der Waals surface area contributed by atoms with Crippen LogP contribution in [0.15, 0.2) is 39.5 Å². The molecule has 2 saturated carbocycles. The molecule has 0 unspecified atom stereocenters. The van der Waals surface area contributed by atoms with E-state index >= 15 is 0 Å². The molecule has 35 heavy (non-hydrogen) atoms. The van der Waals surface area contributed by atoms with E-state index in [0.717, 1.165) is 54.6 Å². The monoisotopic (exact) mass is 536 g/mol. The number of fused-ring (bicyclic) bond motifs is 1. The van der Waals surface area contributed by atoms with Crippen LogP contribution in [0.1, 0.15) is 50.8 Å². The molecule has 1 amide bonds. The molecule has 2 fully saturated rings. The highest BCUT2D eigenvalue weighted by atomic mass is 79.9. The first-order chi connectivity index (χ1) is 16.9. The Morgan fingerprint density at radius 3 is 2.74 bits per heavy atom. The summed E-state index contributed by atoms with van der Waals surface area (Å²) in [5, 5.41) is 20.0. The fraction of sp³-hybridized carbons (Fsp3) is 0.417. The standard InChI is InChI=1S/C24H25BrN8O2/c1-24(22(34)26-2)10-9-15(11-24)28-23-27-12-17-18(25)32-33(19(17)29-23)16-7-5-14(6-8-16)21-31-30-20(35-21)13-3-4-13/h5-8,12-13,15H,3-4,9-11H2,1-2H3,(H,26,34)(H,27,28,29)/t15-,24-/m1/s1. The smallest absolute Gasteiger partial charge is 0.247 e. The van der Waals surface area contributed by atoms with E-state index in [1.54, 1.807) is 17.9 Å². The Bertz CT molecular complexity index is 1410. The minimum absolute atomic E-state index is 0.0768. The molecule has 0 radical (unpaired) electrons. The van der Waals surface area contributed by atoms with Crippen molar-refractivity contribution in [3.05, 3.63) is 41.0 Å². The summed E-state index contributed by atoms with van der Waals surface area (Å²) in [5.41, 5.74) is 2.02. The van der Waals surface area contributed by atoms with E-state index in [1.165, 1.54) is 0 Å². The number of aromatic nitrogens is 6. The Kier molecular flexibility index (Phi) is 5.32. The fourth-order valence-corrected chi connectivity index (χ4v) is 5.20. The molecule has 1 aromatic carbocycles. The third-order valence-corrected chi connectivity index (χ3v) is 7.54. The lowest BCUT2D eigenvalue weighted by atomic mass is 9.87. The van der Waals surface area contributed by atoms with E-state index in [0.29, 0.717) is 28.0 Å². The lowest BCUT2D eigenvalue weighted by Crippen LogP contribution is -2.35. The molecule has 2 aliphatic carbocycles. The summed E-state index contributed by atoms with van der Waals surface area (Å²) in [4.78, 5) is 21.5. The summed E-state index contributed by atoms with van der Waals surface area (Å²) < 4.78 is 8.27. The highest BCUT2D eigenvalue weighted by molar-refractivity contribution is 9.10. The van der Waals surface area contributed by atoms with Crippen LogP contribution >= 0.6 is 15.9 Å². The van der Waals surface area contributed by atoms with Gasteiger partial charge >= 0.3 is 0 Å². The molecule has 2 aliphatic rings. The van der Waals surface area contributed by atoms with Crippen LogP contribution in [0.25, 0.3) is 28.2 Å². The number of rotatable bonds is 6. The van der Waals surface area contributed by atoms with E-state index in [4.69, 9.17) is 9.40 Å². The van der Waals surface area contributed by atoms with Gasteiger partial charge in [0.2, 0.25) is 23.6 Å². The number of anilines is 1. The molecule has 0 bridgehead atoms. The van der Waals surface area contributed by atoms with E-state index in [9.17, 15) is 4.79 Å². The Morgan fingerprint density at radius 2 is 2.00 bits per heavy atom. The molecule has 3 aromatic heterocycles. The maximum Gasteiger partial charge on any atom is 0.247 e. The molecular formula is C24H25BrN8O2. The first-order valence-electron chi connectivity index (χ1n) is 11.8. The molecule has 0 spiro atoms. The summed E-state index contributed by atoms with van der Waals surface area (Å²) >= 11 is 3.53. The number of hydrogen-bond acceptors (Lipinski definition) is 8. The van der Waals surface area contributed by atoms with Crippen molar-refractivity contribution in [2.75, 3.05) is 12.4 Å². The topological polar surface area (TPSA) is 124 Å². The van der Waals surface area contributed by atoms with Gasteiger partial charge in [-0.1, -0.05) is 6.92 Å². The van der Waals surface area contributed by atoms with Crippen LogP contribution in [-0.2, 0) is 4.79 Å². The van der Waals surface area contributed by atoms with Gasteiger partial charge in [0.15, 0.2) is 5.65 Å². The molecule has 2 atom stereocenters. The van der Waals surface area contributed by atoms with Crippen molar-refractivity contribution in [2.45, 2.75) is 51.0 Å². The van der Waals surface area contributed by atoms with Crippen LogP contribution in [0.5, 0.6) is 0 Å². The molecule has 3 heterocycles. The zero-order valence-electron chi connectivity index (χ0n) is 19.5. The van der Waals surface area contributed by atoms with Gasteiger partial charge < -0.3 is 15.1 Å². The molecular weight excluding hydrogens is 512 g/mol. The predicted molar refractivity (Wildman–Crippen MR) is 133 cm³/mol. The van der Waals surface area contributed by atoms with Crippen molar-refractivity contribution < 1.29 is 9.21 Å². The van der Waals surface area contributed by atoms with Gasteiger partial charge in [0.05, 0.1) is 11.1 Å². The van der Waals surface area contributed by atoms with Gasteiger partial charge in [-0.2, -0.15) is 10.1 Å². The number of amides is 1. The quantitative estimate of drug-likeness (QED) is 0.375. The molecule has 0 saturated heterocycles. The molecule has 0 aliphatic heterocycles. The zero-order valence-corrected chi connectivity index (χ0v) is 21.0. The van der Waals surface area contributed by atoms with Crippen molar-refractivity contribution in [3.63, 3.8) is 0 Å². The Labute approximate surface area is 210 Å². The lowest BCUT2D eigenvalue weighted by Gasteiger charge is -2.22. The predicted octanol–water partition coefficient (Wildman–Crippen LogP) is 4.22. The number of halogens is 1. The maximum atomic E-state index is 12.3. The third-order valence-electron chi connectivity index (χ3n) is 6.96. The van der Waals surface area contributed by atoms with Gasteiger partial charge in [0.25, 0.3) is 0 Å². The minimum atomic E-state index is -0.374. The van der Waals surface area contributed by atoms with Crippen LogP contribution in [0.2, 0.25) is 0 Å². The number of carbonyl (C=O) groups excluding carboxylic acids is 1. The average Bonchev–Trinajstić information content (AvgIpc) is 3.33. The average molecular weight is 537 g/mol. The first kappa shape index (κ1) is 22.1. The first-order valence-corrected chi connectivity index (χ1v) is 12.6. The molecule has 6 rings (SSSR count). The minimum Gasteiger partial charge on any atom is -0.420 e. The van der Waals surface area contributed by atoms with Crippen LogP contribution < -0.4 is 10.6 Å². The van der Waals surface area contributed by atoms with Crippen LogP contribution in [-0.4, -0.2) is 48.9 Å². The Hall–Kier alpha value is -3.34. The van der Waals surface area contributed by atoms with Crippen molar-refractivity contribution in [1.29, 1.82) is 0 Å². The summed E-state index contributed by atoms with van der Waals surface area (Å²) in [6, 6.07) is 7.93. The second-order valence-electron chi connectivity index (χ2n) is 9.62. The number of hydrogen-bond donors (Lipinski definition) is 2. The van der Waals surface area contributed by atoms with E-state index < -0.39 is 0 Å². The van der Waals surface area contributed by atoms with Crippen molar-refractivity contribution in [2.24, 2.45) is 5.41 Å². The summed E-state index contributed by atoms with van der Waals surface area (Å²) in [7, 11) is 1.68. The Balaban J connectivity index is 1.25. The molecule has 180 valence electrons. The van der Waals surface area contributed by atoms with Gasteiger partial charge in [-0.3, -0.25) is 4.79 Å². The fourth-order valence-electron chi connectivity index (χ4n) is 4.76. The van der Waals surface area contributed by atoms with Gasteiger partial charge in [-0.05, 0) is 72.3 Å². The second-order valence-corrected chi connectivity index (χ2v) is 10.4. The van der Waals surface area contributed by atoms with E-state index in [-0.39, 0.29) is 17.4 Å². The largest absolute Gasteiger partial charge is 0.420 e. The van der Waals surface area contributed by atoms with Gasteiger partial charge in [-0.15, -0.1) is 10.2 Å². The van der Waals surface area contributed by atoms with Crippen molar-refractivity contribution in [3.8, 4) is 17.1 Å². The summed E-state index contributed by atoms with van der Waals surface area (Å²) in [5.74, 6) is 2.27. The molecule has 4 aromatic rings. The van der Waals surface area contributed by atoms with E-state index in [1.807, 2.05) is 31.2 Å². The van der Waals surface area contributed by atoms with Gasteiger partial charge in [-0.25, -0.2) is 9.67 Å². The Morgan fingerprint density at radius 1 is 1.20 bits per heavy atom. The number of benzene rings is 1. The number of nitrogens with zero attached hydrogens (tertiary/aromatic N) is 6. The number of nitrogens with one attached hydrogen (secondary N) is 2. The van der Waals surface area contributed by atoms with Crippen molar-refractivity contribution >= 4 is 38.8 Å².